The number of hydrogen-bond acceptors (Lipinski definition) is 9. The number of nitrogens with one attached hydrogen (secondary N) is 3. The molecule has 27 heavy (non-hydrogen) atoms. The first-order valence-electron chi connectivity index (χ1n) is 7.74. The Bertz CT molecular complexity index is 678. The summed E-state index contributed by atoms with van der Waals surface area (Å²) in [6.45, 7) is -1.23. The molecule has 0 aliphatic rings. The zero-order valence-corrected chi connectivity index (χ0v) is 14.2. The zero-order chi connectivity index (χ0) is 20.4. The molecular formula is C13H21N7O7. The number of carbonyl (C=O) groups is 4. The maximum atomic E-state index is 11.9. The molecule has 0 radical (unpaired) electrons. The molecule has 4 amide bonds. The Labute approximate surface area is 152 Å². The van der Waals surface area contributed by atoms with Crippen LogP contribution in [0, 0.1) is 0 Å². The molecule has 0 saturated carbocycles. The Hall–Kier alpha value is -3.26. The summed E-state index contributed by atoms with van der Waals surface area (Å²) in [5.74, 6) is -2.68. The van der Waals surface area contributed by atoms with Crippen molar-refractivity contribution >= 4 is 23.8 Å². The van der Waals surface area contributed by atoms with Crippen LogP contribution < -0.4 is 27.4 Å². The highest BCUT2D eigenvalue weighted by Gasteiger charge is 2.22. The minimum absolute atomic E-state index is 0.00747. The third-order valence-corrected chi connectivity index (χ3v) is 3.13. The standard InChI is InChI=1S/C13H21N7O7/c14-6(5-21)11-19-9(27-20-11)3-17-13(26)18-7(1-2-8(15)22)12(25)16-4-10(23)24/h6-7,21H,1-5,14H2,(H2,15,22)(H,16,25)(H,23,24)(H2,17,18,26)/t6-,7-/m0/s1. The molecule has 0 aliphatic heterocycles. The monoisotopic (exact) mass is 387 g/mol. The quantitative estimate of drug-likeness (QED) is 0.199. The maximum absolute atomic E-state index is 11.9. The fraction of sp³-hybridized carbons (Fsp3) is 0.538. The molecule has 1 aromatic heterocycles. The molecule has 2 atom stereocenters. The molecule has 1 heterocycles. The summed E-state index contributed by atoms with van der Waals surface area (Å²) in [5, 5.41) is 27.7. The minimum Gasteiger partial charge on any atom is -0.480 e. The van der Waals surface area contributed by atoms with Crippen LogP contribution in [0.25, 0.3) is 0 Å². The lowest BCUT2D eigenvalue weighted by molar-refractivity contribution is -0.138. The molecule has 0 unspecified atom stereocenters. The van der Waals surface area contributed by atoms with E-state index in [0.717, 1.165) is 0 Å². The molecule has 150 valence electrons. The average Bonchev–Trinajstić information content (AvgIpc) is 3.09. The number of aliphatic hydroxyl groups excluding tert-OH is 1. The molecule has 14 heteroatoms. The van der Waals surface area contributed by atoms with Crippen molar-refractivity contribution in [2.75, 3.05) is 13.2 Å². The molecule has 0 saturated heterocycles. The van der Waals surface area contributed by atoms with Gasteiger partial charge in [0, 0.05) is 6.42 Å². The van der Waals surface area contributed by atoms with Gasteiger partial charge in [-0.25, -0.2) is 4.79 Å². The molecule has 0 aromatic carbocycles. The van der Waals surface area contributed by atoms with Crippen molar-refractivity contribution in [2.24, 2.45) is 11.5 Å². The van der Waals surface area contributed by atoms with Crippen LogP contribution in [0.5, 0.6) is 0 Å². The number of nitrogens with two attached hydrogens (primary N) is 2. The Morgan fingerprint density at radius 3 is 2.52 bits per heavy atom. The van der Waals surface area contributed by atoms with E-state index in [-0.39, 0.29) is 37.7 Å². The van der Waals surface area contributed by atoms with Gasteiger partial charge in [0.15, 0.2) is 5.82 Å². The molecule has 1 aromatic rings. The van der Waals surface area contributed by atoms with Crippen LogP contribution in [0.2, 0.25) is 0 Å². The van der Waals surface area contributed by atoms with Crippen LogP contribution in [-0.4, -0.2) is 63.4 Å². The van der Waals surface area contributed by atoms with E-state index in [1.165, 1.54) is 0 Å². The lowest BCUT2D eigenvalue weighted by atomic mass is 10.1. The fourth-order valence-corrected chi connectivity index (χ4v) is 1.78. The first kappa shape index (κ1) is 21.8. The lowest BCUT2D eigenvalue weighted by Crippen LogP contribution is -2.51. The van der Waals surface area contributed by atoms with Crippen LogP contribution in [0.15, 0.2) is 4.52 Å². The van der Waals surface area contributed by atoms with Crippen molar-refractivity contribution in [3.8, 4) is 0 Å². The van der Waals surface area contributed by atoms with E-state index in [4.69, 9.17) is 26.2 Å². The highest BCUT2D eigenvalue weighted by Crippen LogP contribution is 2.05. The van der Waals surface area contributed by atoms with Crippen molar-refractivity contribution in [1.29, 1.82) is 0 Å². The zero-order valence-electron chi connectivity index (χ0n) is 14.2. The molecule has 1 rings (SSSR count). The number of carboxylic acids is 1. The Balaban J connectivity index is 2.58. The van der Waals surface area contributed by atoms with E-state index in [1.807, 2.05) is 0 Å². The van der Waals surface area contributed by atoms with E-state index < -0.39 is 42.4 Å². The second-order valence-electron chi connectivity index (χ2n) is 5.33. The Morgan fingerprint density at radius 1 is 1.22 bits per heavy atom. The second kappa shape index (κ2) is 10.7. The topological polar surface area (TPSA) is 236 Å². The number of aliphatic hydroxyl groups is 1. The summed E-state index contributed by atoms with van der Waals surface area (Å²) >= 11 is 0. The number of primary amides is 1. The number of urea groups is 1. The summed E-state index contributed by atoms with van der Waals surface area (Å²) < 4.78 is 4.83. The van der Waals surface area contributed by atoms with E-state index in [1.54, 1.807) is 0 Å². The number of nitrogens with zero attached hydrogens (tertiary/aromatic N) is 2. The molecule has 0 fully saturated rings. The Kier molecular flexibility index (Phi) is 8.61. The normalized spacial score (nSPS) is 12.7. The summed E-state index contributed by atoms with van der Waals surface area (Å²) in [6.07, 6.45) is -0.318. The van der Waals surface area contributed by atoms with E-state index in [9.17, 15) is 19.2 Å². The highest BCUT2D eigenvalue weighted by molar-refractivity contribution is 5.89. The van der Waals surface area contributed by atoms with Gasteiger partial charge in [-0.1, -0.05) is 5.16 Å². The van der Waals surface area contributed by atoms with Gasteiger partial charge in [-0.3, -0.25) is 14.4 Å². The first-order chi connectivity index (χ1) is 12.7. The van der Waals surface area contributed by atoms with Gasteiger partial charge in [-0.2, -0.15) is 4.98 Å². The Morgan fingerprint density at radius 2 is 1.93 bits per heavy atom. The van der Waals surface area contributed by atoms with E-state index >= 15 is 0 Å². The predicted molar refractivity (Wildman–Crippen MR) is 86.5 cm³/mol. The van der Waals surface area contributed by atoms with Crippen LogP contribution in [-0.2, 0) is 20.9 Å². The molecule has 14 nitrogen and oxygen atoms in total. The molecule has 0 spiro atoms. The van der Waals surface area contributed by atoms with E-state index in [2.05, 4.69) is 26.1 Å². The van der Waals surface area contributed by atoms with Crippen molar-refractivity contribution < 1.29 is 33.9 Å². The first-order valence-corrected chi connectivity index (χ1v) is 7.74. The van der Waals surface area contributed by atoms with Crippen molar-refractivity contribution in [1.82, 2.24) is 26.1 Å². The largest absolute Gasteiger partial charge is 0.480 e. The summed E-state index contributed by atoms with van der Waals surface area (Å²) in [4.78, 5) is 49.1. The lowest BCUT2D eigenvalue weighted by Gasteiger charge is -2.17. The molecular weight excluding hydrogens is 366 g/mol. The SMILES string of the molecule is NC(=O)CC[C@H](NC(=O)NCc1nc([C@@H](N)CO)no1)C(=O)NCC(=O)O. The fourth-order valence-electron chi connectivity index (χ4n) is 1.78. The summed E-state index contributed by atoms with van der Waals surface area (Å²) in [7, 11) is 0. The van der Waals surface area contributed by atoms with Gasteiger partial charge >= 0.3 is 12.0 Å². The third-order valence-electron chi connectivity index (χ3n) is 3.13. The minimum atomic E-state index is -1.27. The van der Waals surface area contributed by atoms with Gasteiger partial charge in [0.2, 0.25) is 17.7 Å². The highest BCUT2D eigenvalue weighted by atomic mass is 16.5. The van der Waals surface area contributed by atoms with Crippen molar-refractivity contribution in [3.63, 3.8) is 0 Å². The summed E-state index contributed by atoms with van der Waals surface area (Å²) in [5.41, 5.74) is 10.5. The predicted octanol–water partition coefficient (Wildman–Crippen LogP) is -3.30. The molecule has 0 bridgehead atoms. The molecule has 9 N–H and O–H groups in total. The van der Waals surface area contributed by atoms with Crippen LogP contribution in [0.1, 0.15) is 30.6 Å². The van der Waals surface area contributed by atoms with Gasteiger partial charge in [0.05, 0.1) is 19.2 Å². The van der Waals surface area contributed by atoms with Crippen LogP contribution >= 0.6 is 0 Å². The average molecular weight is 387 g/mol. The number of rotatable bonds is 11. The maximum Gasteiger partial charge on any atom is 0.322 e. The number of aromatic nitrogens is 2. The number of aliphatic carboxylic acids is 1. The van der Waals surface area contributed by atoms with Crippen molar-refractivity contribution in [3.05, 3.63) is 11.7 Å². The third kappa shape index (κ3) is 8.10. The van der Waals surface area contributed by atoms with Crippen LogP contribution in [0.3, 0.4) is 0 Å². The summed E-state index contributed by atoms with van der Waals surface area (Å²) in [6, 6.07) is -2.81. The van der Waals surface area contributed by atoms with Crippen LogP contribution in [0.4, 0.5) is 4.79 Å². The number of carboxylic acid groups (broad SMARTS) is 1. The number of amides is 4. The van der Waals surface area contributed by atoms with E-state index in [0.29, 0.717) is 0 Å². The number of carbonyl (C=O) groups excluding carboxylic acids is 3. The van der Waals surface area contributed by atoms with Gasteiger partial charge in [-0.05, 0) is 6.42 Å². The van der Waals surface area contributed by atoms with Gasteiger partial charge < -0.3 is 42.2 Å². The van der Waals surface area contributed by atoms with Gasteiger partial charge in [-0.15, -0.1) is 0 Å². The van der Waals surface area contributed by atoms with Crippen molar-refractivity contribution in [2.45, 2.75) is 31.5 Å². The van der Waals surface area contributed by atoms with Gasteiger partial charge in [0.1, 0.15) is 12.6 Å². The second-order valence-corrected chi connectivity index (χ2v) is 5.33. The molecule has 0 aliphatic carbocycles. The van der Waals surface area contributed by atoms with Gasteiger partial charge in [0.25, 0.3) is 0 Å². The number of hydrogen-bond donors (Lipinski definition) is 7. The smallest absolute Gasteiger partial charge is 0.322 e.